The number of carbonyl (C=O) groups is 1. The van der Waals surface area contributed by atoms with Crippen LogP contribution in [0.3, 0.4) is 0 Å². The van der Waals surface area contributed by atoms with Crippen molar-refractivity contribution in [3.05, 3.63) is 41.6 Å². The average Bonchev–Trinajstić information content (AvgIpc) is 3.18. The van der Waals surface area contributed by atoms with Crippen molar-refractivity contribution in [2.24, 2.45) is 0 Å². The fraction of sp³-hybridized carbons (Fsp3) is 0.471. The predicted molar refractivity (Wildman–Crippen MR) is 84.3 cm³/mol. The third-order valence-electron chi connectivity index (χ3n) is 4.55. The van der Waals surface area contributed by atoms with Crippen molar-refractivity contribution in [3.63, 3.8) is 0 Å². The summed E-state index contributed by atoms with van der Waals surface area (Å²) >= 11 is 0. The first kappa shape index (κ1) is 15.1. The maximum Gasteiger partial charge on any atom is 0.274 e. The van der Waals surface area contributed by atoms with Crippen molar-refractivity contribution in [1.29, 1.82) is 0 Å². The zero-order valence-corrected chi connectivity index (χ0v) is 13.3. The Balaban J connectivity index is 1.44. The lowest BCUT2D eigenvalue weighted by Crippen LogP contribution is -2.44. The van der Waals surface area contributed by atoms with E-state index >= 15 is 0 Å². The van der Waals surface area contributed by atoms with Gasteiger partial charge in [-0.1, -0.05) is 0 Å². The Hall–Kier alpha value is -2.44. The Morgan fingerprint density at radius 3 is 3.08 bits per heavy atom. The highest BCUT2D eigenvalue weighted by Gasteiger charge is 2.28. The molecule has 126 valence electrons. The molecule has 2 aromatic rings. The highest BCUT2D eigenvalue weighted by Crippen LogP contribution is 2.21. The van der Waals surface area contributed by atoms with E-state index in [2.05, 4.69) is 10.1 Å². The molecule has 24 heavy (non-hydrogen) atoms. The Morgan fingerprint density at radius 2 is 2.25 bits per heavy atom. The summed E-state index contributed by atoms with van der Waals surface area (Å²) in [7, 11) is 0. The molecule has 0 N–H and O–H groups in total. The molecular formula is C17H19FN4O2. The van der Waals surface area contributed by atoms with Gasteiger partial charge in [-0.05, 0) is 43.9 Å². The number of carbonyl (C=O) groups excluding carboxylic acids is 1. The number of fused-ring (bicyclic) bond motifs is 1. The second kappa shape index (κ2) is 6.22. The lowest BCUT2D eigenvalue weighted by molar-refractivity contribution is 0.0512. The van der Waals surface area contributed by atoms with E-state index in [1.165, 1.54) is 18.3 Å². The van der Waals surface area contributed by atoms with Gasteiger partial charge < -0.3 is 9.64 Å². The summed E-state index contributed by atoms with van der Waals surface area (Å²) < 4.78 is 21.2. The molecule has 0 aromatic carbocycles. The van der Waals surface area contributed by atoms with Crippen LogP contribution in [0.1, 0.15) is 35.4 Å². The highest BCUT2D eigenvalue weighted by atomic mass is 19.1. The maximum absolute atomic E-state index is 13.7. The van der Waals surface area contributed by atoms with Crippen LogP contribution in [0.15, 0.2) is 24.4 Å². The number of aryl methyl sites for hydroxylation is 2. The summed E-state index contributed by atoms with van der Waals surface area (Å²) in [5.41, 5.74) is 1.62. The standard InChI is InChI=1S/C17H19FN4O2/c18-14-6-1-7-19-16(14)24-13-5-3-8-21(11-13)17(23)15-10-12-4-2-9-22(12)20-15/h1,6-7,10,13H,2-5,8-9,11H2. The smallest absolute Gasteiger partial charge is 0.274 e. The van der Waals surface area contributed by atoms with E-state index in [9.17, 15) is 9.18 Å². The molecule has 4 rings (SSSR count). The van der Waals surface area contributed by atoms with E-state index < -0.39 is 5.82 Å². The highest BCUT2D eigenvalue weighted by molar-refractivity contribution is 5.92. The predicted octanol–water partition coefficient (Wildman–Crippen LogP) is 2.05. The molecule has 1 saturated heterocycles. The van der Waals surface area contributed by atoms with Crippen molar-refractivity contribution >= 4 is 5.91 Å². The molecule has 0 radical (unpaired) electrons. The fourth-order valence-corrected chi connectivity index (χ4v) is 3.36. The molecule has 1 fully saturated rings. The minimum Gasteiger partial charge on any atom is -0.470 e. The number of rotatable bonds is 3. The molecule has 0 bridgehead atoms. The first-order chi connectivity index (χ1) is 11.7. The van der Waals surface area contributed by atoms with E-state index in [1.807, 2.05) is 10.7 Å². The number of ether oxygens (including phenoxy) is 1. The monoisotopic (exact) mass is 330 g/mol. The van der Waals surface area contributed by atoms with Crippen molar-refractivity contribution in [1.82, 2.24) is 19.7 Å². The van der Waals surface area contributed by atoms with Crippen molar-refractivity contribution in [2.45, 2.75) is 38.3 Å². The molecule has 2 aliphatic rings. The van der Waals surface area contributed by atoms with Crippen LogP contribution in [0.4, 0.5) is 4.39 Å². The zero-order valence-electron chi connectivity index (χ0n) is 13.3. The normalized spacial score (nSPS) is 20.0. The second-order valence-electron chi connectivity index (χ2n) is 6.27. The molecule has 0 saturated carbocycles. The molecule has 2 aliphatic heterocycles. The molecule has 0 spiro atoms. The van der Waals surface area contributed by atoms with Crippen LogP contribution in [-0.2, 0) is 13.0 Å². The third-order valence-corrected chi connectivity index (χ3v) is 4.55. The summed E-state index contributed by atoms with van der Waals surface area (Å²) in [6.45, 7) is 1.98. The van der Waals surface area contributed by atoms with Crippen LogP contribution in [-0.4, -0.2) is 44.8 Å². The number of halogens is 1. The van der Waals surface area contributed by atoms with E-state index in [1.54, 1.807) is 4.90 Å². The lowest BCUT2D eigenvalue weighted by Gasteiger charge is -2.32. The Kier molecular flexibility index (Phi) is 3.92. The molecule has 1 unspecified atom stereocenters. The van der Waals surface area contributed by atoms with Gasteiger partial charge in [0.2, 0.25) is 0 Å². The number of aromatic nitrogens is 3. The Labute approximate surface area is 139 Å². The van der Waals surface area contributed by atoms with Crippen LogP contribution >= 0.6 is 0 Å². The van der Waals surface area contributed by atoms with Crippen molar-refractivity contribution < 1.29 is 13.9 Å². The topological polar surface area (TPSA) is 60.2 Å². The van der Waals surface area contributed by atoms with Crippen molar-refractivity contribution in [2.75, 3.05) is 13.1 Å². The Morgan fingerprint density at radius 1 is 1.33 bits per heavy atom. The number of nitrogens with zero attached hydrogens (tertiary/aromatic N) is 4. The van der Waals surface area contributed by atoms with Crippen molar-refractivity contribution in [3.8, 4) is 5.88 Å². The fourth-order valence-electron chi connectivity index (χ4n) is 3.36. The van der Waals surface area contributed by atoms with E-state index in [0.29, 0.717) is 18.8 Å². The van der Waals surface area contributed by atoms with E-state index in [-0.39, 0.29) is 17.9 Å². The van der Waals surface area contributed by atoms with Gasteiger partial charge in [0.05, 0.1) is 6.54 Å². The van der Waals surface area contributed by atoms with Gasteiger partial charge in [-0.2, -0.15) is 5.10 Å². The first-order valence-electron chi connectivity index (χ1n) is 8.34. The van der Waals surface area contributed by atoms with Gasteiger partial charge in [-0.15, -0.1) is 0 Å². The average molecular weight is 330 g/mol. The van der Waals surface area contributed by atoms with Gasteiger partial charge in [-0.25, -0.2) is 9.37 Å². The van der Waals surface area contributed by atoms with Crippen LogP contribution < -0.4 is 4.74 Å². The summed E-state index contributed by atoms with van der Waals surface area (Å²) in [6, 6.07) is 4.73. The second-order valence-corrected chi connectivity index (χ2v) is 6.27. The SMILES string of the molecule is O=C(c1cc2n(n1)CCC2)N1CCCC(Oc2ncccc2F)C1. The molecule has 1 amide bonds. The Bertz CT molecular complexity index is 739. The largest absolute Gasteiger partial charge is 0.470 e. The number of piperidine rings is 1. The van der Waals surface area contributed by atoms with Crippen LogP contribution in [0, 0.1) is 5.82 Å². The summed E-state index contributed by atoms with van der Waals surface area (Å²) in [5.74, 6) is -0.559. The molecule has 0 aliphatic carbocycles. The number of hydrogen-bond acceptors (Lipinski definition) is 4. The molecule has 2 aromatic heterocycles. The van der Waals surface area contributed by atoms with Gasteiger partial charge in [0.1, 0.15) is 6.10 Å². The summed E-state index contributed by atoms with van der Waals surface area (Å²) in [6.07, 6.45) is 4.91. The zero-order chi connectivity index (χ0) is 16.5. The van der Waals surface area contributed by atoms with Crippen LogP contribution in [0.5, 0.6) is 5.88 Å². The maximum atomic E-state index is 13.7. The van der Waals surface area contributed by atoms with Gasteiger partial charge >= 0.3 is 0 Å². The lowest BCUT2D eigenvalue weighted by atomic mass is 10.1. The molecule has 6 nitrogen and oxygen atoms in total. The number of likely N-dealkylation sites (tertiary alicyclic amines) is 1. The molecule has 1 atom stereocenters. The molecule has 4 heterocycles. The minimum atomic E-state index is -0.480. The summed E-state index contributed by atoms with van der Waals surface area (Å²) in [4.78, 5) is 18.3. The number of amides is 1. The quantitative estimate of drug-likeness (QED) is 0.864. The van der Waals surface area contributed by atoms with Gasteiger partial charge in [0.15, 0.2) is 11.5 Å². The van der Waals surface area contributed by atoms with Gasteiger partial charge in [-0.3, -0.25) is 9.48 Å². The van der Waals surface area contributed by atoms with Crippen LogP contribution in [0.25, 0.3) is 0 Å². The summed E-state index contributed by atoms with van der Waals surface area (Å²) in [5, 5.41) is 4.40. The van der Waals surface area contributed by atoms with E-state index in [0.717, 1.165) is 37.9 Å². The van der Waals surface area contributed by atoms with E-state index in [4.69, 9.17) is 4.74 Å². The minimum absolute atomic E-state index is 0.00207. The van der Waals surface area contributed by atoms with Crippen LogP contribution in [0.2, 0.25) is 0 Å². The number of hydrogen-bond donors (Lipinski definition) is 0. The molecule has 7 heteroatoms. The number of pyridine rings is 1. The third kappa shape index (κ3) is 2.86. The first-order valence-corrected chi connectivity index (χ1v) is 8.34. The van der Waals surface area contributed by atoms with Gasteiger partial charge in [0.25, 0.3) is 11.8 Å². The molecular weight excluding hydrogens is 311 g/mol. The van der Waals surface area contributed by atoms with Gasteiger partial charge in [0, 0.05) is 25.0 Å².